The molecule has 3 N–H and O–H groups in total. The number of rotatable bonds is 19. The molecule has 1 saturated heterocycles. The van der Waals surface area contributed by atoms with Crippen molar-refractivity contribution in [3.63, 3.8) is 0 Å². The fraction of sp³-hybridized carbons (Fsp3) is 0.245. The zero-order valence-corrected chi connectivity index (χ0v) is 44.2. The molecule has 0 aliphatic carbocycles. The highest BCUT2D eigenvalue weighted by Crippen LogP contribution is 2.44. The summed E-state index contributed by atoms with van der Waals surface area (Å²) >= 11 is 8.47. The summed E-state index contributed by atoms with van der Waals surface area (Å²) in [6.07, 6.45) is 0.0152. The second kappa shape index (κ2) is 23.1. The number of thiocarbonyl (C=S) groups is 1. The van der Waals surface area contributed by atoms with E-state index < -0.39 is 72.5 Å². The maximum absolute atomic E-state index is 15.0. The summed E-state index contributed by atoms with van der Waals surface area (Å²) in [5.74, 6) is -1.03. The number of thioether (sulfide) groups is 1. The number of anilines is 1. The van der Waals surface area contributed by atoms with Crippen LogP contribution >= 0.6 is 35.3 Å². The number of hydrogen-bond acceptors (Lipinski definition) is 14. The van der Waals surface area contributed by atoms with Crippen molar-refractivity contribution in [2.45, 2.75) is 55.9 Å². The molecule has 3 atom stereocenters. The van der Waals surface area contributed by atoms with E-state index in [0.717, 1.165) is 22.5 Å². The molecule has 6 aromatic rings. The molecule has 3 amide bonds. The number of hydrogen-bond donors (Lipinski definition) is 3. The molecule has 0 saturated carbocycles. The number of aromatic nitrogens is 1. The van der Waals surface area contributed by atoms with Gasteiger partial charge in [0.2, 0.25) is 20.7 Å². The van der Waals surface area contributed by atoms with Crippen molar-refractivity contribution in [2.75, 3.05) is 29.0 Å². The van der Waals surface area contributed by atoms with Crippen molar-refractivity contribution < 1.29 is 41.3 Å². The van der Waals surface area contributed by atoms with Gasteiger partial charge in [-0.15, -0.1) is 23.1 Å². The van der Waals surface area contributed by atoms with Gasteiger partial charge < -0.3 is 19.6 Å². The van der Waals surface area contributed by atoms with Crippen LogP contribution in [0.2, 0.25) is 0 Å². The third-order valence-electron chi connectivity index (χ3n) is 11.4. The van der Waals surface area contributed by atoms with Gasteiger partial charge in [0.25, 0.3) is 11.8 Å². The summed E-state index contributed by atoms with van der Waals surface area (Å²) in [5.41, 5.74) is 2.17. The highest BCUT2D eigenvalue weighted by Gasteiger charge is 2.54. The topological polar surface area (TPSA) is 195 Å². The number of oxime groups is 1. The van der Waals surface area contributed by atoms with E-state index in [9.17, 15) is 27.0 Å². The number of carbonyl (C=O) groups is 3. The first-order valence-electron chi connectivity index (χ1n) is 23.0. The predicted molar refractivity (Wildman–Crippen MR) is 290 cm³/mol. The van der Waals surface area contributed by atoms with Crippen LogP contribution in [0.4, 0.5) is 9.93 Å². The monoisotopic (exact) mass is 1080 g/mol. The van der Waals surface area contributed by atoms with E-state index in [1.165, 1.54) is 22.9 Å². The number of carbonyl (C=O) groups excluding carboxylic acids is 3. The fourth-order valence-corrected chi connectivity index (χ4v) is 13.2. The van der Waals surface area contributed by atoms with Crippen LogP contribution < -0.4 is 15.4 Å². The molecule has 20 heteroatoms. The maximum Gasteiger partial charge on any atom is 0.413 e. The first-order chi connectivity index (χ1) is 35.0. The van der Waals surface area contributed by atoms with Crippen molar-refractivity contribution in [1.82, 2.24) is 19.9 Å². The molecule has 73 heavy (non-hydrogen) atoms. The van der Waals surface area contributed by atoms with Gasteiger partial charge >= 0.3 is 6.09 Å². The Balaban J connectivity index is 1.15. The molecule has 1 fully saturated rings. The molecule has 2 aliphatic rings. The number of fused-ring (bicyclic) bond motifs is 1. The molecule has 8 rings (SSSR count). The zero-order chi connectivity index (χ0) is 51.8. The first kappa shape index (κ1) is 52.8. The highest BCUT2D eigenvalue weighted by molar-refractivity contribution is 8.03. The minimum Gasteiger partial charge on any atom is -0.469 e. The van der Waals surface area contributed by atoms with E-state index in [0.29, 0.717) is 22.3 Å². The summed E-state index contributed by atoms with van der Waals surface area (Å²) in [6, 6.07) is 46.2. The van der Waals surface area contributed by atoms with Crippen molar-refractivity contribution in [3.8, 4) is 0 Å². The number of sulfonamides is 1. The molecule has 1 aromatic heterocycles. The van der Waals surface area contributed by atoms with E-state index in [2.05, 4.69) is 25.5 Å². The Labute approximate surface area is 440 Å². The van der Waals surface area contributed by atoms with Crippen molar-refractivity contribution in [2.24, 2.45) is 5.16 Å². The van der Waals surface area contributed by atoms with Crippen LogP contribution in [0.25, 0.3) is 0 Å². The van der Waals surface area contributed by atoms with Crippen LogP contribution in [-0.2, 0) is 50.3 Å². The first-order valence-corrected chi connectivity index (χ1v) is 28.7. The summed E-state index contributed by atoms with van der Waals surface area (Å²) in [4.78, 5) is 55.4. The van der Waals surface area contributed by atoms with Crippen molar-refractivity contribution in [1.29, 1.82) is 0 Å². The summed E-state index contributed by atoms with van der Waals surface area (Å²) in [7, 11) is -5.49. The third kappa shape index (κ3) is 12.6. The molecular weight excluding hydrogens is 1020 g/mol. The lowest BCUT2D eigenvalue weighted by atomic mass is 9.80. The lowest BCUT2D eigenvalue weighted by Crippen LogP contribution is -2.71. The molecule has 3 heterocycles. The Kier molecular flexibility index (Phi) is 16.7. The van der Waals surface area contributed by atoms with Gasteiger partial charge in [-0.2, -0.15) is 0 Å². The van der Waals surface area contributed by atoms with Crippen LogP contribution in [0, 0.1) is 0 Å². The zero-order valence-electron chi connectivity index (χ0n) is 40.1. The number of ether oxygens (including phenoxy) is 2. The Bertz CT molecular complexity index is 3000. The van der Waals surface area contributed by atoms with Crippen LogP contribution in [0.5, 0.6) is 0 Å². The largest absolute Gasteiger partial charge is 0.469 e. The van der Waals surface area contributed by atoms with Crippen LogP contribution in [-0.4, -0.2) is 91.8 Å². The molecule has 5 aromatic carbocycles. The Morgan fingerprint density at radius 1 is 0.849 bits per heavy atom. The van der Waals surface area contributed by atoms with E-state index in [-0.39, 0.29) is 46.0 Å². The molecule has 0 bridgehead atoms. The van der Waals surface area contributed by atoms with Gasteiger partial charge in [-0.3, -0.25) is 24.0 Å². The molecule has 2 unspecified atom stereocenters. The quantitative estimate of drug-likeness (QED) is 0.0230. The summed E-state index contributed by atoms with van der Waals surface area (Å²) < 4.78 is 51.9. The minimum atomic E-state index is -3.88. The van der Waals surface area contributed by atoms with Gasteiger partial charge in [0.05, 0.1) is 5.70 Å². The molecule has 0 radical (unpaired) electrons. The average Bonchev–Trinajstić information content (AvgIpc) is 3.83. The second-order valence-electron chi connectivity index (χ2n) is 17.8. The Morgan fingerprint density at radius 3 is 1.88 bits per heavy atom. The van der Waals surface area contributed by atoms with E-state index in [1.807, 2.05) is 152 Å². The summed E-state index contributed by atoms with van der Waals surface area (Å²) in [6.45, 7) is 5.13. The van der Waals surface area contributed by atoms with Gasteiger partial charge in [-0.1, -0.05) is 157 Å². The Hall–Kier alpha value is -6.55. The van der Waals surface area contributed by atoms with E-state index in [1.54, 1.807) is 26.2 Å². The molecule has 0 spiro atoms. The SMILES string of the molecule is CS(=O)CS(=O)(=O)NCCC1=C(C(=S)OC(c2ccccc2)c2ccccc2)N2C(=O)C(NC(=O)/C(=N\OC(c3ccccc3)(c3ccccc3)c3ccccc3)c3csc(NC(=O)OC(C)(C)C)n3)[C@H]2SC1. The van der Waals surface area contributed by atoms with E-state index >= 15 is 0 Å². The Morgan fingerprint density at radius 2 is 1.37 bits per heavy atom. The fourth-order valence-electron chi connectivity index (χ4n) is 8.26. The van der Waals surface area contributed by atoms with Gasteiger partial charge in [0, 0.05) is 51.4 Å². The van der Waals surface area contributed by atoms with Crippen LogP contribution in [0.3, 0.4) is 0 Å². The smallest absolute Gasteiger partial charge is 0.413 e. The van der Waals surface area contributed by atoms with Gasteiger partial charge in [-0.05, 0) is 56.1 Å². The summed E-state index contributed by atoms with van der Waals surface area (Å²) in [5, 5.41) is 10.6. The second-order valence-corrected chi connectivity index (χ2v) is 23.8. The number of nitrogens with one attached hydrogen (secondary N) is 3. The average molecular weight is 1080 g/mol. The molecule has 15 nitrogen and oxygen atoms in total. The third-order valence-corrected chi connectivity index (χ3v) is 17.0. The molecular formula is C53H52N6O9S5. The lowest BCUT2D eigenvalue weighted by molar-refractivity contribution is -0.144. The van der Waals surface area contributed by atoms with Crippen molar-refractivity contribution in [3.05, 3.63) is 202 Å². The number of amides is 3. The highest BCUT2D eigenvalue weighted by atomic mass is 32.3. The van der Waals surface area contributed by atoms with Crippen LogP contribution in [0.1, 0.15) is 66.8 Å². The number of thiazole rings is 1. The number of β-lactam (4-membered cyclic amide) rings is 1. The van der Waals surface area contributed by atoms with Crippen LogP contribution in [0.15, 0.2) is 173 Å². The van der Waals surface area contributed by atoms with E-state index in [4.69, 9.17) is 26.5 Å². The number of nitrogens with zero attached hydrogens (tertiary/aromatic N) is 3. The lowest BCUT2D eigenvalue weighted by Gasteiger charge is -2.50. The standard InChI is InChI=1S/C53H52N6O9S5/c1-52(2,3)67-51(62)57-50-55-41(33-71-50)42(58-68-53(38-24-14-7-15-25-38,39-26-16-8-17-27-39)40-28-18-9-19-29-40)46(60)56-43-47(61)59-44(37(32-70-48(43)59)30-31-54-73(64,65)34-72(4)63)49(69)66-45(35-20-10-5-11-21-35)36-22-12-6-13-23-36/h5-29,33,43,45,48,54H,30-32,34H2,1-4H3,(H,56,60)(H,55,57,62)/b58-42-/t43?,48-,72?/m1/s1. The minimum absolute atomic E-state index is 0.00383. The number of benzene rings is 5. The van der Waals surface area contributed by atoms with Gasteiger partial charge in [-0.25, -0.2) is 22.9 Å². The van der Waals surface area contributed by atoms with Gasteiger partial charge in [0.15, 0.2) is 10.8 Å². The predicted octanol–water partition coefficient (Wildman–Crippen LogP) is 8.64. The molecule has 378 valence electrons. The van der Waals surface area contributed by atoms with Gasteiger partial charge in [0.1, 0.15) is 33.9 Å². The van der Waals surface area contributed by atoms with Crippen molar-refractivity contribution >= 4 is 89.9 Å². The normalized spacial score (nSPS) is 16.5. The molecule has 2 aliphatic heterocycles. The maximum atomic E-state index is 15.0.